The van der Waals surface area contributed by atoms with Gasteiger partial charge in [0.25, 0.3) is 0 Å². The first-order valence-corrected chi connectivity index (χ1v) is 13.1. The van der Waals surface area contributed by atoms with Crippen LogP contribution in [0.1, 0.15) is 37.0 Å². The summed E-state index contributed by atoms with van der Waals surface area (Å²) >= 11 is 0. The van der Waals surface area contributed by atoms with E-state index in [1.807, 2.05) is 0 Å². The number of urea groups is 1. The largest absolute Gasteiger partial charge is 0.497 e. The number of nitrogens with zero attached hydrogens (tertiary/aromatic N) is 1. The summed E-state index contributed by atoms with van der Waals surface area (Å²) in [6, 6.07) is 16.1. The molecule has 41 heavy (non-hydrogen) atoms. The molecule has 0 saturated carbocycles. The fourth-order valence-corrected chi connectivity index (χ4v) is 4.51. The monoisotopic (exact) mass is 568 g/mol. The van der Waals surface area contributed by atoms with Crippen molar-refractivity contribution < 1.29 is 37.7 Å². The number of benzene rings is 3. The van der Waals surface area contributed by atoms with Crippen molar-refractivity contribution in [1.82, 2.24) is 10.2 Å². The number of halogens is 1. The van der Waals surface area contributed by atoms with E-state index >= 15 is 4.39 Å². The van der Waals surface area contributed by atoms with Gasteiger partial charge in [0.2, 0.25) is 0 Å². The molecule has 0 aliphatic rings. The van der Waals surface area contributed by atoms with Gasteiger partial charge in [0, 0.05) is 28.8 Å². The topological polar surface area (TPSA) is 95.6 Å². The number of hydrogen-bond donors (Lipinski definition) is 1. The van der Waals surface area contributed by atoms with E-state index in [4.69, 9.17) is 23.7 Å². The van der Waals surface area contributed by atoms with Crippen LogP contribution in [0.3, 0.4) is 0 Å². The van der Waals surface area contributed by atoms with Crippen molar-refractivity contribution in [2.45, 2.75) is 38.9 Å². The summed E-state index contributed by atoms with van der Waals surface area (Å²) in [6.07, 6.45) is -0.279. The highest BCUT2D eigenvalue weighted by Crippen LogP contribution is 2.31. The van der Waals surface area contributed by atoms with Crippen molar-refractivity contribution in [3.05, 3.63) is 83.2 Å². The molecule has 0 saturated heterocycles. The van der Waals surface area contributed by atoms with Crippen LogP contribution in [0.5, 0.6) is 23.0 Å². The average molecular weight is 569 g/mol. The van der Waals surface area contributed by atoms with Crippen molar-refractivity contribution in [2.24, 2.45) is 0 Å². The molecule has 2 amide bonds. The molecular weight excluding hydrogens is 531 g/mol. The van der Waals surface area contributed by atoms with Gasteiger partial charge in [-0.3, -0.25) is 4.79 Å². The molecule has 1 unspecified atom stereocenters. The fraction of sp³-hybridized carbons (Fsp3) is 0.355. The van der Waals surface area contributed by atoms with Gasteiger partial charge in [0.1, 0.15) is 28.8 Å². The smallest absolute Gasteiger partial charge is 0.318 e. The molecule has 0 aliphatic carbocycles. The van der Waals surface area contributed by atoms with E-state index in [-0.39, 0.29) is 31.7 Å². The zero-order valence-electron chi connectivity index (χ0n) is 24.3. The summed E-state index contributed by atoms with van der Waals surface area (Å²) < 4.78 is 42.0. The molecule has 1 atom stereocenters. The van der Waals surface area contributed by atoms with Crippen LogP contribution in [-0.2, 0) is 28.2 Å². The van der Waals surface area contributed by atoms with Crippen LogP contribution in [0, 0.1) is 5.82 Å². The van der Waals surface area contributed by atoms with Gasteiger partial charge in [-0.15, -0.1) is 0 Å². The molecule has 3 aromatic carbocycles. The van der Waals surface area contributed by atoms with E-state index in [2.05, 4.69) is 5.32 Å². The Labute approximate surface area is 240 Å². The minimum atomic E-state index is -1.42. The van der Waals surface area contributed by atoms with Gasteiger partial charge in [0.05, 0.1) is 60.1 Å². The van der Waals surface area contributed by atoms with Crippen molar-refractivity contribution in [2.75, 3.05) is 35.0 Å². The first-order chi connectivity index (χ1) is 19.7. The van der Waals surface area contributed by atoms with Crippen LogP contribution in [0.15, 0.2) is 60.7 Å². The molecule has 0 radical (unpaired) electrons. The number of rotatable bonds is 13. The fourth-order valence-electron chi connectivity index (χ4n) is 4.51. The number of nitrogens with one attached hydrogen (secondary N) is 1. The standard InChI is InChI=1S/C31H37FN2O7/c1-7-41-29(35)18-31(2,25-10-8-9-11-26(25)32)33-30(36)34(19-21-12-14-23(37-3)16-27(21)39-5)20-22-13-15-24(38-4)17-28(22)40-6/h8-17H,7,18-20H2,1-6H3,(H,33,36). The lowest BCUT2D eigenvalue weighted by Gasteiger charge is -2.34. The molecule has 9 nitrogen and oxygen atoms in total. The third-order valence-corrected chi connectivity index (χ3v) is 6.65. The van der Waals surface area contributed by atoms with E-state index < -0.39 is 23.4 Å². The van der Waals surface area contributed by atoms with Crippen LogP contribution in [0.2, 0.25) is 0 Å². The second kappa shape index (κ2) is 14.2. The summed E-state index contributed by atoms with van der Waals surface area (Å²) in [5, 5.41) is 2.92. The van der Waals surface area contributed by atoms with Crippen molar-refractivity contribution in [3.8, 4) is 23.0 Å². The van der Waals surface area contributed by atoms with Crippen LogP contribution < -0.4 is 24.3 Å². The Morgan fingerprint density at radius 2 is 1.37 bits per heavy atom. The van der Waals surface area contributed by atoms with Gasteiger partial charge in [-0.05, 0) is 44.2 Å². The third kappa shape index (κ3) is 7.81. The summed E-state index contributed by atoms with van der Waals surface area (Å²) in [5.41, 5.74) is 0.147. The Balaban J connectivity index is 2.04. The molecule has 10 heteroatoms. The summed E-state index contributed by atoms with van der Waals surface area (Å²) in [6.45, 7) is 3.66. The Morgan fingerprint density at radius 1 is 0.829 bits per heavy atom. The Bertz CT molecular complexity index is 1290. The molecule has 3 aromatic rings. The van der Waals surface area contributed by atoms with Gasteiger partial charge in [-0.1, -0.05) is 18.2 Å². The van der Waals surface area contributed by atoms with Gasteiger partial charge < -0.3 is 33.9 Å². The van der Waals surface area contributed by atoms with Crippen molar-refractivity contribution in [3.63, 3.8) is 0 Å². The zero-order chi connectivity index (χ0) is 30.0. The molecule has 0 bridgehead atoms. The predicted octanol–water partition coefficient (Wildman–Crippen LogP) is 5.44. The second-order valence-electron chi connectivity index (χ2n) is 9.44. The Morgan fingerprint density at radius 3 is 1.83 bits per heavy atom. The van der Waals surface area contributed by atoms with E-state index in [1.54, 1.807) is 76.6 Å². The van der Waals surface area contributed by atoms with E-state index in [9.17, 15) is 9.59 Å². The SMILES string of the molecule is CCOC(=O)CC(C)(NC(=O)N(Cc1ccc(OC)cc1OC)Cc1ccc(OC)cc1OC)c1ccccc1F. The van der Waals surface area contributed by atoms with Gasteiger partial charge in [-0.25, -0.2) is 9.18 Å². The zero-order valence-corrected chi connectivity index (χ0v) is 24.3. The lowest BCUT2D eigenvalue weighted by Crippen LogP contribution is -2.51. The maximum absolute atomic E-state index is 15.0. The molecule has 0 spiro atoms. The average Bonchev–Trinajstić information content (AvgIpc) is 2.97. The predicted molar refractivity (Wildman–Crippen MR) is 152 cm³/mol. The lowest BCUT2D eigenvalue weighted by atomic mass is 9.88. The van der Waals surface area contributed by atoms with Crippen LogP contribution in [0.25, 0.3) is 0 Å². The van der Waals surface area contributed by atoms with E-state index in [0.29, 0.717) is 34.1 Å². The number of carbonyl (C=O) groups is 2. The third-order valence-electron chi connectivity index (χ3n) is 6.65. The number of methoxy groups -OCH3 is 4. The minimum Gasteiger partial charge on any atom is -0.497 e. The molecule has 0 aromatic heterocycles. The molecule has 0 aliphatic heterocycles. The van der Waals surface area contributed by atoms with Crippen molar-refractivity contribution in [1.29, 1.82) is 0 Å². The quantitative estimate of drug-likeness (QED) is 0.274. The van der Waals surface area contributed by atoms with Crippen LogP contribution >= 0.6 is 0 Å². The molecular formula is C31H37FN2O7. The van der Waals surface area contributed by atoms with Crippen LogP contribution in [0.4, 0.5) is 9.18 Å². The number of carbonyl (C=O) groups excluding carboxylic acids is 2. The first-order valence-electron chi connectivity index (χ1n) is 13.1. The normalized spacial score (nSPS) is 12.1. The highest BCUT2D eigenvalue weighted by atomic mass is 19.1. The Kier molecular flexibility index (Phi) is 10.8. The maximum Gasteiger partial charge on any atom is 0.318 e. The maximum atomic E-state index is 15.0. The number of ether oxygens (including phenoxy) is 5. The summed E-state index contributed by atoms with van der Waals surface area (Å²) in [7, 11) is 6.17. The van der Waals surface area contributed by atoms with Crippen molar-refractivity contribution >= 4 is 12.0 Å². The first kappa shape index (κ1) is 31.1. The van der Waals surface area contributed by atoms with Gasteiger partial charge >= 0.3 is 12.0 Å². The summed E-state index contributed by atoms with van der Waals surface area (Å²) in [4.78, 5) is 28.2. The van der Waals surface area contributed by atoms with E-state index in [1.165, 1.54) is 31.3 Å². The number of amides is 2. The molecule has 0 heterocycles. The number of esters is 1. The second-order valence-corrected chi connectivity index (χ2v) is 9.44. The van der Waals surface area contributed by atoms with Gasteiger partial charge in [-0.2, -0.15) is 0 Å². The lowest BCUT2D eigenvalue weighted by molar-refractivity contribution is -0.144. The highest BCUT2D eigenvalue weighted by molar-refractivity contribution is 5.78. The minimum absolute atomic E-state index is 0.112. The molecule has 220 valence electrons. The summed E-state index contributed by atoms with van der Waals surface area (Å²) in [5.74, 6) is 1.11. The molecule has 1 N–H and O–H groups in total. The highest BCUT2D eigenvalue weighted by Gasteiger charge is 2.36. The Hall–Kier alpha value is -4.47. The molecule has 0 fully saturated rings. The van der Waals surface area contributed by atoms with Crippen LogP contribution in [-0.4, -0.2) is 51.9 Å². The van der Waals surface area contributed by atoms with Gasteiger partial charge in [0.15, 0.2) is 0 Å². The molecule has 3 rings (SSSR count). The van der Waals surface area contributed by atoms with E-state index in [0.717, 1.165) is 0 Å². The number of hydrogen-bond acceptors (Lipinski definition) is 7.